The van der Waals surface area contributed by atoms with E-state index in [2.05, 4.69) is 244 Å². The zero-order valence-electron chi connectivity index (χ0n) is 57.8. The standard InChI is InChI=1S/C17H30N2O2Si.C13H23ClN2OSi.C10H23ISi.C6H5BrN2O2.C4H3ClN2O.3C4H9.C3H5.Sn/c1-9-20-15(8)17-18-10-16(11-19-17)21-22(12(2)3,13(4)5)14(6)7;1-9(2)18(10(3)4,11(5)6)17-12-7-15-13(14)16-8-12;1-8(2)12(7-11,9(3)4)10(5)6;7-1-5(11)6-8-2-4(10)3-9-6;5-4-6-1-3(8)2-7-4;3*1-3-4-2;1-3-2;/h10-14H,8-9H2,1-7H3;7-11H,1-6H3;8-10H,7H2,1-6H3;2-3,10H,1H2;1-2,8H;3*1,3-4H2,2H3;1H2,2H3;. The van der Waals surface area contributed by atoms with E-state index in [1.54, 1.807) is 41.7 Å². The van der Waals surface area contributed by atoms with Crippen LogP contribution in [0.15, 0.2) is 66.3 Å². The van der Waals surface area contributed by atoms with Crippen molar-refractivity contribution in [1.29, 1.82) is 0 Å². The van der Waals surface area contributed by atoms with Crippen LogP contribution in [0.3, 0.4) is 0 Å². The molecule has 0 unspecified atom stereocenters. The molecule has 0 aliphatic heterocycles. The molecular weight excluding hydrogens is 1470 g/mol. The average Bonchev–Trinajstić information content (AvgIpc) is 3.48. The van der Waals surface area contributed by atoms with Crippen LogP contribution in [-0.2, 0) is 4.74 Å². The third-order valence-electron chi connectivity index (χ3n) is 16.8. The number of carbonyl (C=O) groups is 1. The van der Waals surface area contributed by atoms with Crippen molar-refractivity contribution in [2.45, 2.75) is 261 Å². The van der Waals surface area contributed by atoms with Gasteiger partial charge in [-0.15, -0.1) is 0 Å². The molecule has 14 nitrogen and oxygen atoms in total. The van der Waals surface area contributed by atoms with E-state index in [0.717, 1.165) is 28.1 Å². The second-order valence-corrected chi connectivity index (χ2v) is 59.5. The van der Waals surface area contributed by atoms with E-state index in [-0.39, 0.29) is 39.0 Å². The van der Waals surface area contributed by atoms with Gasteiger partial charge in [-0.3, -0.25) is 4.79 Å². The Morgan fingerprint density at radius 1 is 0.529 bits per heavy atom. The fourth-order valence-corrected chi connectivity index (χ4v) is 50.4. The smallest absolute Gasteiger partial charge is 0.258 e. The molecule has 4 aromatic rings. The molecule has 0 spiro atoms. The Balaban J connectivity index is 0. The van der Waals surface area contributed by atoms with E-state index in [9.17, 15) is 4.79 Å². The molecule has 4 aromatic heterocycles. The van der Waals surface area contributed by atoms with Crippen molar-refractivity contribution in [3.63, 3.8) is 0 Å². The van der Waals surface area contributed by atoms with Crippen molar-refractivity contribution in [2.75, 3.05) is 16.0 Å². The molecule has 0 aromatic carbocycles. The molecule has 0 saturated heterocycles. The zero-order valence-corrected chi connectivity index (χ0v) is 68.9. The third-order valence-corrected chi connectivity index (χ3v) is 57.0. The number of allylic oxidation sites excluding steroid dienone is 1. The van der Waals surface area contributed by atoms with Crippen molar-refractivity contribution in [1.82, 2.24) is 39.9 Å². The van der Waals surface area contributed by atoms with Gasteiger partial charge in [0.05, 0.1) is 69.6 Å². The van der Waals surface area contributed by atoms with Crippen molar-refractivity contribution < 1.29 is 28.6 Å². The van der Waals surface area contributed by atoms with Crippen molar-refractivity contribution in [2.24, 2.45) is 0 Å². The quantitative estimate of drug-likeness (QED) is 0.0130. The molecule has 4 rings (SSSR count). The summed E-state index contributed by atoms with van der Waals surface area (Å²) in [6.45, 7) is 61.6. The van der Waals surface area contributed by atoms with E-state index in [1.807, 2.05) is 6.92 Å². The Hall–Kier alpha value is -2.29. The van der Waals surface area contributed by atoms with Gasteiger partial charge in [-0.2, -0.15) is 0 Å². The van der Waals surface area contributed by atoms with Crippen molar-refractivity contribution in [3.8, 4) is 23.0 Å². The molecule has 0 fully saturated rings. The summed E-state index contributed by atoms with van der Waals surface area (Å²) >= 11 is 14.6. The van der Waals surface area contributed by atoms with Gasteiger partial charge in [-0.05, 0) is 84.0 Å². The fraction of sp³-hybridized carbons (Fsp3) is 0.677. The minimum Gasteiger partial charge on any atom is -0.541 e. The van der Waals surface area contributed by atoms with E-state index in [4.69, 9.17) is 47.0 Å². The summed E-state index contributed by atoms with van der Waals surface area (Å²) in [4.78, 5) is 41.7. The number of hydrogen-bond donors (Lipinski definition) is 2. The van der Waals surface area contributed by atoms with Gasteiger partial charge in [-0.1, -0.05) is 170 Å². The number of ketones is 1. The SMILES string of the molecule is C=C(OCC)c1ncc(O[Si](C(C)C)(C(C)C)C(C)C)cn1.C=[C](C)[Sn]([CH2]CCC)([CH2]CCC)[CH2]CCC.CC(C)[Si](CI)(C(C)C)C(C)C.CC(C)[Si](Oc1cnc(Cl)nc1)(C(C)C)C(C)C.O=C(CBr)c1ncc(O)cn1.Oc1cnc(Cl)nc1. The van der Waals surface area contributed by atoms with Gasteiger partial charge in [-0.25, -0.2) is 39.9 Å². The molecule has 87 heavy (non-hydrogen) atoms. The maximum atomic E-state index is 10.9. The number of Topliss-reactive ketones (excluding diaryl/α,β-unsaturated/α-hetero) is 1. The molecule has 496 valence electrons. The first-order chi connectivity index (χ1) is 40.6. The van der Waals surface area contributed by atoms with Crippen molar-refractivity contribution in [3.05, 3.63) is 88.5 Å². The van der Waals surface area contributed by atoms with Crippen LogP contribution >= 0.6 is 61.7 Å². The van der Waals surface area contributed by atoms with Crippen LogP contribution in [0.25, 0.3) is 5.76 Å². The van der Waals surface area contributed by atoms with Gasteiger partial charge in [0.25, 0.3) is 16.6 Å². The third kappa shape index (κ3) is 29.0. The minimum absolute atomic E-state index is 0.0226. The molecule has 0 saturated carbocycles. The average molecular weight is 1590 g/mol. The summed E-state index contributed by atoms with van der Waals surface area (Å²) in [5, 5.41) is 17.9. The summed E-state index contributed by atoms with van der Waals surface area (Å²) in [5.74, 6) is 2.38. The number of alkyl halides is 2. The number of unbranched alkanes of at least 4 members (excludes halogenated alkanes) is 3. The summed E-state index contributed by atoms with van der Waals surface area (Å²) in [5.41, 5.74) is 5.94. The molecule has 0 bridgehead atoms. The molecule has 4 heterocycles. The van der Waals surface area contributed by atoms with E-state index < -0.39 is 43.1 Å². The number of aromatic hydroxyl groups is 2. The summed E-state index contributed by atoms with van der Waals surface area (Å²) in [7, 11) is -4.89. The summed E-state index contributed by atoms with van der Waals surface area (Å²) in [6.07, 6.45) is 20.1. The second-order valence-electron chi connectivity index (χ2n) is 25.2. The predicted molar refractivity (Wildman–Crippen MR) is 393 cm³/mol. The molecule has 0 aliphatic rings. The number of aromatic nitrogens is 8. The Labute approximate surface area is 568 Å². The molecule has 2 N–H and O–H groups in total. The van der Waals surface area contributed by atoms with Gasteiger partial charge in [0.2, 0.25) is 16.4 Å². The fourth-order valence-electron chi connectivity index (χ4n) is 12.1. The van der Waals surface area contributed by atoms with Gasteiger partial charge in [0.1, 0.15) is 11.5 Å². The van der Waals surface area contributed by atoms with E-state index in [0.29, 0.717) is 51.4 Å². The molecule has 0 atom stereocenters. The normalized spacial score (nSPS) is 11.7. The molecular formula is C65H116BrCl2IN8O6Si3Sn. The number of ether oxygens (including phenoxy) is 1. The maximum Gasteiger partial charge on any atom is 0.258 e. The van der Waals surface area contributed by atoms with Gasteiger partial charge in [0.15, 0.2) is 28.9 Å². The van der Waals surface area contributed by atoms with Crippen LogP contribution in [0.4, 0.5) is 0 Å². The molecule has 0 radical (unpaired) electrons. The first-order valence-corrected chi connectivity index (χ1v) is 49.2. The van der Waals surface area contributed by atoms with Crippen LogP contribution < -0.4 is 8.85 Å². The first-order valence-electron chi connectivity index (χ1n) is 31.6. The number of hydrogen-bond acceptors (Lipinski definition) is 14. The first kappa shape index (κ1) is 86.8. The van der Waals surface area contributed by atoms with Gasteiger partial charge < -0.3 is 23.8 Å². The van der Waals surface area contributed by atoms with Crippen LogP contribution in [0.2, 0.25) is 73.7 Å². The predicted octanol–water partition coefficient (Wildman–Crippen LogP) is 21.9. The van der Waals surface area contributed by atoms with Crippen LogP contribution in [0, 0.1) is 0 Å². The van der Waals surface area contributed by atoms with Crippen LogP contribution in [0.1, 0.15) is 214 Å². The Morgan fingerprint density at radius 3 is 1.05 bits per heavy atom. The number of halogens is 4. The monoisotopic (exact) mass is 1580 g/mol. The summed E-state index contributed by atoms with van der Waals surface area (Å²) in [6, 6.07) is 0. The Kier molecular flexibility index (Phi) is 45.0. The van der Waals surface area contributed by atoms with Crippen molar-refractivity contribution >= 4 is 116 Å². The minimum atomic E-state index is -1.96. The van der Waals surface area contributed by atoms with Gasteiger partial charge >= 0.3 is 108 Å². The van der Waals surface area contributed by atoms with Crippen LogP contribution in [-0.4, -0.2) is 115 Å². The largest absolute Gasteiger partial charge is 0.541 e. The number of rotatable bonds is 29. The molecule has 0 aliphatic carbocycles. The van der Waals surface area contributed by atoms with E-state index >= 15 is 0 Å². The zero-order chi connectivity index (χ0) is 67.5. The second kappa shape index (κ2) is 45.1. The Bertz CT molecular complexity index is 2380. The number of carbonyl (C=O) groups excluding carboxylic acids is 1. The molecule has 0 amide bonds. The topological polar surface area (TPSA) is 188 Å². The van der Waals surface area contributed by atoms with Gasteiger partial charge in [0, 0.05) is 0 Å². The van der Waals surface area contributed by atoms with Crippen LogP contribution in [0.5, 0.6) is 23.0 Å². The summed E-state index contributed by atoms with van der Waals surface area (Å²) < 4.78 is 26.0. The maximum absolute atomic E-state index is 10.9. The Morgan fingerprint density at radius 2 is 0.816 bits per heavy atom. The molecule has 22 heteroatoms. The van der Waals surface area contributed by atoms with E-state index in [1.165, 1.54) is 67.4 Å². The number of nitrogens with zero attached hydrogens (tertiary/aromatic N) is 8.